The van der Waals surface area contributed by atoms with E-state index in [1.807, 2.05) is 31.2 Å². The summed E-state index contributed by atoms with van der Waals surface area (Å²) < 4.78 is 0.963. The lowest BCUT2D eigenvalue weighted by Crippen LogP contribution is -2.47. The lowest BCUT2D eigenvalue weighted by molar-refractivity contribution is -0.140. The van der Waals surface area contributed by atoms with Crippen LogP contribution in [0.4, 0.5) is 0 Å². The molecule has 110 valence electrons. The molecule has 1 rings (SSSR count). The summed E-state index contributed by atoms with van der Waals surface area (Å²) in [4.78, 5) is 25.7. The zero-order chi connectivity index (χ0) is 15.1. The van der Waals surface area contributed by atoms with Crippen molar-refractivity contribution >= 4 is 27.7 Å². The van der Waals surface area contributed by atoms with Crippen LogP contribution < -0.4 is 5.32 Å². The molecular formula is C15H21BrN2O2. The molecule has 2 amide bonds. The molecule has 20 heavy (non-hydrogen) atoms. The molecule has 0 saturated carbocycles. The summed E-state index contributed by atoms with van der Waals surface area (Å²) in [5.74, 6) is -0.145. The average Bonchev–Trinajstić information content (AvgIpc) is 2.43. The van der Waals surface area contributed by atoms with Gasteiger partial charge in [0.2, 0.25) is 11.8 Å². The van der Waals surface area contributed by atoms with Gasteiger partial charge < -0.3 is 10.2 Å². The number of hydrogen-bond acceptors (Lipinski definition) is 2. The molecule has 1 atom stereocenters. The SMILES string of the molecule is CCNC(=O)[C@H](C)N(Cc1cccc(Br)c1)C(=O)CC. The molecule has 0 aliphatic rings. The van der Waals surface area contributed by atoms with Gasteiger partial charge in [0.25, 0.3) is 0 Å². The van der Waals surface area contributed by atoms with Gasteiger partial charge in [-0.25, -0.2) is 0 Å². The van der Waals surface area contributed by atoms with Crippen LogP contribution in [0.25, 0.3) is 0 Å². The minimum absolute atomic E-state index is 0.0243. The van der Waals surface area contributed by atoms with Crippen LogP contribution in [0.1, 0.15) is 32.8 Å². The van der Waals surface area contributed by atoms with E-state index in [-0.39, 0.29) is 11.8 Å². The van der Waals surface area contributed by atoms with Gasteiger partial charge in [-0.2, -0.15) is 0 Å². The maximum Gasteiger partial charge on any atom is 0.242 e. The highest BCUT2D eigenvalue weighted by molar-refractivity contribution is 9.10. The fourth-order valence-corrected chi connectivity index (χ4v) is 2.39. The van der Waals surface area contributed by atoms with Gasteiger partial charge in [0.15, 0.2) is 0 Å². The standard InChI is InChI=1S/C15H21BrN2O2/c1-4-14(19)18(11(3)15(20)17-5-2)10-12-7-6-8-13(16)9-12/h6-9,11H,4-5,10H2,1-3H3,(H,17,20)/t11-/m0/s1. The fourth-order valence-electron chi connectivity index (χ4n) is 1.94. The molecule has 4 nitrogen and oxygen atoms in total. The maximum absolute atomic E-state index is 12.1. The first-order valence-corrected chi connectivity index (χ1v) is 7.60. The van der Waals surface area contributed by atoms with E-state index in [1.54, 1.807) is 18.7 Å². The quantitative estimate of drug-likeness (QED) is 0.865. The van der Waals surface area contributed by atoms with Crippen molar-refractivity contribution in [1.29, 1.82) is 0 Å². The number of benzene rings is 1. The van der Waals surface area contributed by atoms with Crippen molar-refractivity contribution in [2.75, 3.05) is 6.54 Å². The van der Waals surface area contributed by atoms with Crippen molar-refractivity contribution in [1.82, 2.24) is 10.2 Å². The smallest absolute Gasteiger partial charge is 0.242 e. The Morgan fingerprint density at radius 1 is 1.35 bits per heavy atom. The first-order valence-electron chi connectivity index (χ1n) is 6.81. The van der Waals surface area contributed by atoms with Crippen LogP contribution in [0, 0.1) is 0 Å². The van der Waals surface area contributed by atoms with Crippen LogP contribution in [-0.4, -0.2) is 29.3 Å². The number of halogens is 1. The molecule has 0 bridgehead atoms. The second-order valence-electron chi connectivity index (χ2n) is 4.58. The summed E-state index contributed by atoms with van der Waals surface area (Å²) in [6, 6.07) is 7.29. The Kier molecular flexibility index (Phi) is 6.71. The van der Waals surface area contributed by atoms with Gasteiger partial charge in [0, 0.05) is 24.0 Å². The lowest BCUT2D eigenvalue weighted by atomic mass is 10.1. The average molecular weight is 341 g/mol. The van der Waals surface area contributed by atoms with Gasteiger partial charge in [-0.3, -0.25) is 9.59 Å². The van der Waals surface area contributed by atoms with E-state index in [2.05, 4.69) is 21.2 Å². The van der Waals surface area contributed by atoms with Crippen molar-refractivity contribution in [3.63, 3.8) is 0 Å². The molecule has 0 aliphatic heterocycles. The van der Waals surface area contributed by atoms with E-state index >= 15 is 0 Å². The highest BCUT2D eigenvalue weighted by Gasteiger charge is 2.24. The van der Waals surface area contributed by atoms with Gasteiger partial charge in [0.05, 0.1) is 0 Å². The van der Waals surface area contributed by atoms with E-state index in [0.717, 1.165) is 10.0 Å². The number of nitrogens with one attached hydrogen (secondary N) is 1. The van der Waals surface area contributed by atoms with E-state index < -0.39 is 6.04 Å². The maximum atomic E-state index is 12.1. The van der Waals surface area contributed by atoms with Crippen molar-refractivity contribution in [2.45, 2.75) is 39.8 Å². The molecule has 0 aromatic heterocycles. The molecule has 1 N–H and O–H groups in total. The van der Waals surface area contributed by atoms with Crippen LogP contribution in [-0.2, 0) is 16.1 Å². The first-order chi connectivity index (χ1) is 9.49. The van der Waals surface area contributed by atoms with Crippen LogP contribution in [0.3, 0.4) is 0 Å². The predicted octanol–water partition coefficient (Wildman–Crippen LogP) is 2.71. The second-order valence-corrected chi connectivity index (χ2v) is 5.49. The summed E-state index contributed by atoms with van der Waals surface area (Å²) in [5.41, 5.74) is 0.998. The molecule has 1 aromatic rings. The topological polar surface area (TPSA) is 49.4 Å². The predicted molar refractivity (Wildman–Crippen MR) is 83.1 cm³/mol. The minimum atomic E-state index is -0.471. The van der Waals surface area contributed by atoms with E-state index in [4.69, 9.17) is 0 Å². The van der Waals surface area contributed by atoms with E-state index in [9.17, 15) is 9.59 Å². The Labute approximate surface area is 128 Å². The molecule has 0 saturated heterocycles. The van der Waals surface area contributed by atoms with Gasteiger partial charge in [-0.15, -0.1) is 0 Å². The third kappa shape index (κ3) is 4.63. The van der Waals surface area contributed by atoms with E-state index in [1.165, 1.54) is 0 Å². The van der Waals surface area contributed by atoms with Crippen molar-refractivity contribution in [2.24, 2.45) is 0 Å². The highest BCUT2D eigenvalue weighted by atomic mass is 79.9. The summed E-state index contributed by atoms with van der Waals surface area (Å²) in [5, 5.41) is 2.76. The van der Waals surface area contributed by atoms with Crippen LogP contribution in [0.15, 0.2) is 28.7 Å². The van der Waals surface area contributed by atoms with Gasteiger partial charge in [-0.1, -0.05) is 35.0 Å². The van der Waals surface area contributed by atoms with Gasteiger partial charge >= 0.3 is 0 Å². The second kappa shape index (κ2) is 8.04. The summed E-state index contributed by atoms with van der Waals surface area (Å²) in [7, 11) is 0. The Bertz CT molecular complexity index is 477. The number of hydrogen-bond donors (Lipinski definition) is 1. The monoisotopic (exact) mass is 340 g/mol. The third-order valence-electron chi connectivity index (χ3n) is 3.06. The highest BCUT2D eigenvalue weighted by Crippen LogP contribution is 2.15. The molecule has 0 aliphatic carbocycles. The minimum Gasteiger partial charge on any atom is -0.355 e. The molecule has 0 spiro atoms. The molecule has 5 heteroatoms. The summed E-state index contributed by atoms with van der Waals surface area (Å²) in [6.07, 6.45) is 0.387. The van der Waals surface area contributed by atoms with Gasteiger partial charge in [-0.05, 0) is 31.5 Å². The summed E-state index contributed by atoms with van der Waals surface area (Å²) >= 11 is 3.41. The Morgan fingerprint density at radius 2 is 2.05 bits per heavy atom. The first kappa shape index (κ1) is 16.7. The Balaban J connectivity index is 2.89. The Hall–Kier alpha value is -1.36. The molecule has 0 unspecified atom stereocenters. The largest absolute Gasteiger partial charge is 0.355 e. The number of carbonyl (C=O) groups excluding carboxylic acids is 2. The normalized spacial score (nSPS) is 11.8. The van der Waals surface area contributed by atoms with Crippen molar-refractivity contribution < 1.29 is 9.59 Å². The van der Waals surface area contributed by atoms with Crippen LogP contribution in [0.2, 0.25) is 0 Å². The van der Waals surface area contributed by atoms with Crippen LogP contribution in [0.5, 0.6) is 0 Å². The molecular weight excluding hydrogens is 320 g/mol. The molecule has 0 fully saturated rings. The molecule has 0 heterocycles. The summed E-state index contributed by atoms with van der Waals surface area (Å²) in [6.45, 7) is 6.43. The lowest BCUT2D eigenvalue weighted by Gasteiger charge is -2.28. The van der Waals surface area contributed by atoms with Gasteiger partial charge in [0.1, 0.15) is 6.04 Å². The number of likely N-dealkylation sites (N-methyl/N-ethyl adjacent to an activating group) is 1. The Morgan fingerprint density at radius 3 is 2.60 bits per heavy atom. The molecule has 0 radical (unpaired) electrons. The third-order valence-corrected chi connectivity index (χ3v) is 3.56. The van der Waals surface area contributed by atoms with Crippen LogP contribution >= 0.6 is 15.9 Å². The number of carbonyl (C=O) groups is 2. The van der Waals surface area contributed by atoms with Crippen molar-refractivity contribution in [3.8, 4) is 0 Å². The zero-order valence-electron chi connectivity index (χ0n) is 12.1. The number of nitrogens with zero attached hydrogens (tertiary/aromatic N) is 1. The van der Waals surface area contributed by atoms with Crippen molar-refractivity contribution in [3.05, 3.63) is 34.3 Å². The zero-order valence-corrected chi connectivity index (χ0v) is 13.7. The van der Waals surface area contributed by atoms with E-state index in [0.29, 0.717) is 19.5 Å². The molecule has 1 aromatic carbocycles. The number of amides is 2. The fraction of sp³-hybridized carbons (Fsp3) is 0.467. The number of rotatable bonds is 6.